The zero-order chi connectivity index (χ0) is 26.8. The Morgan fingerprint density at radius 3 is 2.26 bits per heavy atom. The standard InChI is InChI=1S/C29H30FN5O3/c1-33-11-13-34(14-12-33)18-21-17-32-29-24(16-31)23(15-25(35(21)29)19-5-7-20(30)8-6-19)22-9-10-26(36-2)28(38-4)27(22)37-3/h5-10,15,17H,11-14,18H2,1-4H3. The Morgan fingerprint density at radius 2 is 1.63 bits per heavy atom. The Hall–Kier alpha value is -4.13. The highest BCUT2D eigenvalue weighted by atomic mass is 19.1. The molecule has 0 unspecified atom stereocenters. The first-order chi connectivity index (χ1) is 18.5. The van der Waals surface area contributed by atoms with Crippen LogP contribution in [0.25, 0.3) is 28.0 Å². The van der Waals surface area contributed by atoms with Gasteiger partial charge < -0.3 is 19.1 Å². The van der Waals surface area contributed by atoms with Crippen LogP contribution in [-0.4, -0.2) is 73.7 Å². The third-order valence-corrected chi connectivity index (χ3v) is 7.08. The van der Waals surface area contributed by atoms with Crippen LogP contribution in [0.15, 0.2) is 48.7 Å². The van der Waals surface area contributed by atoms with Gasteiger partial charge in [-0.1, -0.05) is 0 Å². The lowest BCUT2D eigenvalue weighted by atomic mass is 9.97. The number of nitrogens with zero attached hydrogens (tertiary/aromatic N) is 5. The smallest absolute Gasteiger partial charge is 0.203 e. The first kappa shape index (κ1) is 25.5. The molecule has 4 aromatic rings. The van der Waals surface area contributed by atoms with E-state index in [0.29, 0.717) is 46.1 Å². The number of hydrogen-bond donors (Lipinski definition) is 0. The van der Waals surface area contributed by atoms with Crippen LogP contribution in [0.2, 0.25) is 0 Å². The first-order valence-corrected chi connectivity index (χ1v) is 12.4. The van der Waals surface area contributed by atoms with Crippen molar-refractivity contribution in [1.82, 2.24) is 19.2 Å². The summed E-state index contributed by atoms with van der Waals surface area (Å²) in [7, 11) is 6.78. The summed E-state index contributed by atoms with van der Waals surface area (Å²) >= 11 is 0. The number of fused-ring (bicyclic) bond motifs is 1. The molecule has 0 aliphatic carbocycles. The van der Waals surface area contributed by atoms with Crippen LogP contribution in [0.4, 0.5) is 4.39 Å². The van der Waals surface area contributed by atoms with E-state index in [9.17, 15) is 9.65 Å². The van der Waals surface area contributed by atoms with Gasteiger partial charge in [0.15, 0.2) is 17.1 Å². The number of aromatic nitrogens is 2. The highest BCUT2D eigenvalue weighted by molar-refractivity contribution is 5.87. The molecule has 0 bridgehead atoms. The Bertz CT molecular complexity index is 1500. The molecular formula is C29H30FN5O3. The van der Waals surface area contributed by atoms with Crippen molar-refractivity contribution in [3.8, 4) is 45.7 Å². The average molecular weight is 516 g/mol. The summed E-state index contributed by atoms with van der Waals surface area (Å²) < 4.78 is 32.7. The zero-order valence-corrected chi connectivity index (χ0v) is 22.0. The van der Waals surface area contributed by atoms with Gasteiger partial charge >= 0.3 is 0 Å². The largest absolute Gasteiger partial charge is 0.493 e. The number of methoxy groups -OCH3 is 3. The molecule has 1 fully saturated rings. The highest BCUT2D eigenvalue weighted by Gasteiger charge is 2.25. The second-order valence-corrected chi connectivity index (χ2v) is 9.31. The maximum atomic E-state index is 13.9. The van der Waals surface area contributed by atoms with E-state index in [4.69, 9.17) is 19.2 Å². The van der Waals surface area contributed by atoms with E-state index < -0.39 is 0 Å². The second kappa shape index (κ2) is 10.7. The molecular weight excluding hydrogens is 485 g/mol. The Balaban J connectivity index is 1.76. The number of nitriles is 1. The number of halogens is 1. The zero-order valence-electron chi connectivity index (χ0n) is 22.0. The predicted molar refractivity (Wildman–Crippen MR) is 143 cm³/mol. The molecule has 0 saturated carbocycles. The van der Waals surface area contributed by atoms with Crippen molar-refractivity contribution in [1.29, 1.82) is 5.26 Å². The van der Waals surface area contributed by atoms with Gasteiger partial charge in [0.05, 0.1) is 38.9 Å². The molecule has 196 valence electrons. The van der Waals surface area contributed by atoms with Crippen LogP contribution in [-0.2, 0) is 6.54 Å². The number of hydrogen-bond acceptors (Lipinski definition) is 7. The van der Waals surface area contributed by atoms with E-state index in [-0.39, 0.29) is 5.82 Å². The monoisotopic (exact) mass is 515 g/mol. The summed E-state index contributed by atoms with van der Waals surface area (Å²) in [5, 5.41) is 10.4. The average Bonchev–Trinajstić information content (AvgIpc) is 3.36. The molecule has 1 aliphatic rings. The van der Waals surface area contributed by atoms with Gasteiger partial charge in [-0.2, -0.15) is 5.26 Å². The lowest BCUT2D eigenvalue weighted by Gasteiger charge is -2.32. The molecule has 1 saturated heterocycles. The lowest BCUT2D eigenvalue weighted by Crippen LogP contribution is -2.44. The molecule has 2 aromatic carbocycles. The molecule has 8 nitrogen and oxygen atoms in total. The number of benzene rings is 2. The molecule has 38 heavy (non-hydrogen) atoms. The molecule has 5 rings (SSSR count). The number of likely N-dealkylation sites (N-methyl/N-ethyl adjacent to an activating group) is 1. The third-order valence-electron chi connectivity index (χ3n) is 7.08. The second-order valence-electron chi connectivity index (χ2n) is 9.31. The minimum Gasteiger partial charge on any atom is -0.493 e. The summed E-state index contributed by atoms with van der Waals surface area (Å²) in [6, 6.07) is 14.3. The Labute approximate surface area is 221 Å². The summed E-state index contributed by atoms with van der Waals surface area (Å²) in [5.41, 5.74) is 4.80. The van der Waals surface area contributed by atoms with Gasteiger partial charge in [-0.15, -0.1) is 0 Å². The Morgan fingerprint density at radius 1 is 0.921 bits per heavy atom. The van der Waals surface area contributed by atoms with E-state index >= 15 is 0 Å². The van der Waals surface area contributed by atoms with Crippen molar-refractivity contribution in [2.45, 2.75) is 6.54 Å². The molecule has 1 aliphatic heterocycles. The summed E-state index contributed by atoms with van der Waals surface area (Å²) in [4.78, 5) is 9.42. The molecule has 2 aromatic heterocycles. The molecule has 0 N–H and O–H groups in total. The van der Waals surface area contributed by atoms with E-state index in [0.717, 1.165) is 43.1 Å². The minimum atomic E-state index is -0.316. The number of rotatable bonds is 7. The fourth-order valence-corrected chi connectivity index (χ4v) is 5.04. The third kappa shape index (κ3) is 4.53. The van der Waals surface area contributed by atoms with E-state index in [1.165, 1.54) is 12.1 Å². The maximum Gasteiger partial charge on any atom is 0.203 e. The van der Waals surface area contributed by atoms with Crippen LogP contribution in [0, 0.1) is 17.1 Å². The van der Waals surface area contributed by atoms with E-state index in [1.54, 1.807) is 39.5 Å². The van der Waals surface area contributed by atoms with Crippen molar-refractivity contribution < 1.29 is 18.6 Å². The molecule has 3 heterocycles. The van der Waals surface area contributed by atoms with E-state index in [1.807, 2.05) is 22.7 Å². The summed E-state index contributed by atoms with van der Waals surface area (Å²) in [5.74, 6) is 1.08. The number of pyridine rings is 1. The first-order valence-electron chi connectivity index (χ1n) is 12.4. The van der Waals surface area contributed by atoms with Gasteiger partial charge in [0.1, 0.15) is 17.4 Å². The molecule has 0 radical (unpaired) electrons. The molecule has 0 atom stereocenters. The topological polar surface area (TPSA) is 75.3 Å². The van der Waals surface area contributed by atoms with Crippen LogP contribution >= 0.6 is 0 Å². The summed E-state index contributed by atoms with van der Waals surface area (Å²) in [6.45, 7) is 4.57. The van der Waals surface area contributed by atoms with Crippen LogP contribution in [0.3, 0.4) is 0 Å². The maximum absolute atomic E-state index is 13.9. The van der Waals surface area contributed by atoms with Crippen molar-refractivity contribution in [3.05, 3.63) is 65.7 Å². The van der Waals surface area contributed by atoms with Crippen LogP contribution in [0.5, 0.6) is 17.2 Å². The van der Waals surface area contributed by atoms with Gasteiger partial charge in [0.25, 0.3) is 0 Å². The van der Waals surface area contributed by atoms with Gasteiger partial charge in [0, 0.05) is 43.9 Å². The summed E-state index contributed by atoms with van der Waals surface area (Å²) in [6.07, 6.45) is 1.83. The minimum absolute atomic E-state index is 0.316. The Kier molecular flexibility index (Phi) is 7.18. The van der Waals surface area contributed by atoms with Crippen molar-refractivity contribution >= 4 is 5.65 Å². The number of imidazole rings is 1. The van der Waals surface area contributed by atoms with Crippen LogP contribution in [0.1, 0.15) is 11.3 Å². The normalized spacial score (nSPS) is 14.4. The van der Waals surface area contributed by atoms with E-state index in [2.05, 4.69) is 22.9 Å². The number of ether oxygens (including phenoxy) is 3. The molecule has 0 amide bonds. The fourth-order valence-electron chi connectivity index (χ4n) is 5.04. The van der Waals surface area contributed by atoms with Gasteiger partial charge in [-0.05, 0) is 55.1 Å². The van der Waals surface area contributed by atoms with Crippen LogP contribution < -0.4 is 14.2 Å². The fraction of sp³-hybridized carbons (Fsp3) is 0.310. The van der Waals surface area contributed by atoms with Gasteiger partial charge in [-0.25, -0.2) is 9.37 Å². The highest BCUT2D eigenvalue weighted by Crippen LogP contribution is 2.46. The van der Waals surface area contributed by atoms with Crippen molar-refractivity contribution in [2.75, 3.05) is 54.6 Å². The van der Waals surface area contributed by atoms with Crippen molar-refractivity contribution in [3.63, 3.8) is 0 Å². The quantitative estimate of drug-likeness (QED) is 0.360. The molecule has 0 spiro atoms. The van der Waals surface area contributed by atoms with Gasteiger partial charge in [-0.3, -0.25) is 9.30 Å². The number of piperazine rings is 1. The lowest BCUT2D eigenvalue weighted by molar-refractivity contribution is 0.146. The SMILES string of the molecule is COc1ccc(-c2cc(-c3ccc(F)cc3)n3c(CN4CCN(C)CC4)cnc3c2C#N)c(OC)c1OC. The van der Waals surface area contributed by atoms with Gasteiger partial charge in [0.2, 0.25) is 5.75 Å². The van der Waals surface area contributed by atoms with Crippen molar-refractivity contribution in [2.24, 2.45) is 0 Å². The predicted octanol–water partition coefficient (Wildman–Crippen LogP) is 4.45. The molecule has 9 heteroatoms.